The molecular weight excluding hydrogens is 320 g/mol. The van der Waals surface area contributed by atoms with Crippen LogP contribution < -0.4 is 9.47 Å². The van der Waals surface area contributed by atoms with Gasteiger partial charge in [0.2, 0.25) is 0 Å². The average Bonchev–Trinajstić information content (AvgIpc) is 2.45. The van der Waals surface area contributed by atoms with Gasteiger partial charge in [0.05, 0.1) is 13.2 Å². The summed E-state index contributed by atoms with van der Waals surface area (Å²) in [7, 11) is 1.64. The molecule has 0 aliphatic heterocycles. The van der Waals surface area contributed by atoms with Gasteiger partial charge in [0, 0.05) is 15.6 Å². The monoisotopic (exact) mass is 336 g/mol. The van der Waals surface area contributed by atoms with Gasteiger partial charge in [-0.2, -0.15) is 0 Å². The van der Waals surface area contributed by atoms with Crippen molar-refractivity contribution in [1.29, 1.82) is 0 Å². The first kappa shape index (κ1) is 14.9. The fourth-order valence-electron chi connectivity index (χ4n) is 1.97. The first-order valence-corrected chi connectivity index (χ1v) is 7.13. The number of rotatable bonds is 5. The maximum Gasteiger partial charge on any atom is 0.125 e. The van der Waals surface area contributed by atoms with Gasteiger partial charge < -0.3 is 14.6 Å². The number of aliphatic hydroxyl groups is 1. The number of ether oxygens (including phenoxy) is 2. The number of hydrogen-bond acceptors (Lipinski definition) is 3. The third-order valence-electron chi connectivity index (χ3n) is 2.99. The summed E-state index contributed by atoms with van der Waals surface area (Å²) in [6, 6.07) is 13.3. The van der Waals surface area contributed by atoms with Crippen molar-refractivity contribution in [1.82, 2.24) is 0 Å². The minimum atomic E-state index is -0.560. The molecule has 20 heavy (non-hydrogen) atoms. The quantitative estimate of drug-likeness (QED) is 0.893. The second-order valence-corrected chi connectivity index (χ2v) is 5.37. The third kappa shape index (κ3) is 3.52. The van der Waals surface area contributed by atoms with E-state index in [0.29, 0.717) is 12.4 Å². The number of benzene rings is 2. The van der Waals surface area contributed by atoms with Crippen molar-refractivity contribution in [3.05, 3.63) is 58.1 Å². The average molecular weight is 337 g/mol. The van der Waals surface area contributed by atoms with Crippen LogP contribution in [-0.2, 0) is 6.61 Å². The van der Waals surface area contributed by atoms with E-state index in [1.165, 1.54) is 0 Å². The molecule has 0 heterocycles. The summed E-state index contributed by atoms with van der Waals surface area (Å²) in [5.41, 5.74) is 1.73. The zero-order chi connectivity index (χ0) is 14.5. The molecule has 0 amide bonds. The lowest BCUT2D eigenvalue weighted by atomic mass is 10.1. The number of para-hydroxylation sites is 1. The summed E-state index contributed by atoms with van der Waals surface area (Å²) in [4.78, 5) is 0. The Morgan fingerprint density at radius 1 is 1.15 bits per heavy atom. The number of aliphatic hydroxyl groups excluding tert-OH is 1. The van der Waals surface area contributed by atoms with Crippen molar-refractivity contribution < 1.29 is 14.6 Å². The van der Waals surface area contributed by atoms with Crippen LogP contribution in [0.25, 0.3) is 0 Å². The van der Waals surface area contributed by atoms with Crippen LogP contribution in [-0.4, -0.2) is 12.2 Å². The van der Waals surface area contributed by atoms with Crippen molar-refractivity contribution in [2.24, 2.45) is 0 Å². The van der Waals surface area contributed by atoms with Crippen LogP contribution in [0.2, 0.25) is 0 Å². The highest BCUT2D eigenvalue weighted by molar-refractivity contribution is 9.10. The van der Waals surface area contributed by atoms with E-state index in [4.69, 9.17) is 9.47 Å². The van der Waals surface area contributed by atoms with Crippen LogP contribution in [0.4, 0.5) is 0 Å². The number of halogens is 1. The van der Waals surface area contributed by atoms with Gasteiger partial charge in [-0.1, -0.05) is 34.1 Å². The van der Waals surface area contributed by atoms with Gasteiger partial charge in [0.25, 0.3) is 0 Å². The van der Waals surface area contributed by atoms with E-state index in [2.05, 4.69) is 15.9 Å². The Balaban J connectivity index is 2.19. The predicted octanol–water partition coefficient (Wildman–Crippen LogP) is 4.09. The first-order chi connectivity index (χ1) is 9.61. The molecule has 0 aliphatic rings. The lowest BCUT2D eigenvalue weighted by Gasteiger charge is -2.15. The molecule has 0 aliphatic carbocycles. The van der Waals surface area contributed by atoms with E-state index in [1.807, 2.05) is 42.5 Å². The lowest BCUT2D eigenvalue weighted by molar-refractivity contribution is 0.190. The van der Waals surface area contributed by atoms with Crippen molar-refractivity contribution >= 4 is 15.9 Å². The second kappa shape index (κ2) is 6.77. The third-order valence-corrected chi connectivity index (χ3v) is 3.49. The normalized spacial score (nSPS) is 12.0. The molecule has 2 aromatic carbocycles. The molecule has 0 fully saturated rings. The van der Waals surface area contributed by atoms with Gasteiger partial charge in [-0.25, -0.2) is 0 Å². The van der Waals surface area contributed by atoms with Gasteiger partial charge in [0.15, 0.2) is 0 Å². The molecule has 3 nitrogen and oxygen atoms in total. The largest absolute Gasteiger partial charge is 0.496 e. The Morgan fingerprint density at radius 2 is 1.90 bits per heavy atom. The zero-order valence-electron chi connectivity index (χ0n) is 11.5. The molecule has 1 N–H and O–H groups in total. The van der Waals surface area contributed by atoms with Crippen LogP contribution in [0, 0.1) is 0 Å². The highest BCUT2D eigenvalue weighted by Crippen LogP contribution is 2.28. The predicted molar refractivity (Wildman–Crippen MR) is 82.1 cm³/mol. The van der Waals surface area contributed by atoms with Crippen LogP contribution in [0.1, 0.15) is 24.2 Å². The van der Waals surface area contributed by atoms with E-state index in [0.717, 1.165) is 21.3 Å². The molecule has 0 saturated heterocycles. The zero-order valence-corrected chi connectivity index (χ0v) is 13.1. The molecule has 4 heteroatoms. The summed E-state index contributed by atoms with van der Waals surface area (Å²) in [6.45, 7) is 2.11. The van der Waals surface area contributed by atoms with Crippen molar-refractivity contribution in [2.45, 2.75) is 19.6 Å². The highest BCUT2D eigenvalue weighted by Gasteiger charge is 2.10. The SMILES string of the molecule is COc1ccc(Br)cc1COc1ccccc1[C@@H](C)O. The topological polar surface area (TPSA) is 38.7 Å². The molecule has 0 saturated carbocycles. The Bertz CT molecular complexity index is 582. The minimum Gasteiger partial charge on any atom is -0.496 e. The van der Waals surface area contributed by atoms with Crippen LogP contribution in [0.5, 0.6) is 11.5 Å². The van der Waals surface area contributed by atoms with Gasteiger partial charge in [0.1, 0.15) is 18.1 Å². The fourth-order valence-corrected chi connectivity index (χ4v) is 2.38. The van der Waals surface area contributed by atoms with E-state index in [1.54, 1.807) is 14.0 Å². The Morgan fingerprint density at radius 3 is 2.60 bits per heavy atom. The van der Waals surface area contributed by atoms with Crippen molar-refractivity contribution in [2.75, 3.05) is 7.11 Å². The van der Waals surface area contributed by atoms with Crippen LogP contribution in [0.3, 0.4) is 0 Å². The molecule has 0 aromatic heterocycles. The van der Waals surface area contributed by atoms with E-state index in [-0.39, 0.29) is 0 Å². The summed E-state index contributed by atoms with van der Waals surface area (Å²) < 4.78 is 12.1. The summed E-state index contributed by atoms with van der Waals surface area (Å²) in [5, 5.41) is 9.73. The summed E-state index contributed by atoms with van der Waals surface area (Å²) in [5.74, 6) is 1.47. The van der Waals surface area contributed by atoms with Gasteiger partial charge in [-0.3, -0.25) is 0 Å². The molecule has 1 atom stereocenters. The maximum atomic E-state index is 9.73. The Kier molecular flexibility index (Phi) is 5.04. The summed E-state index contributed by atoms with van der Waals surface area (Å²) >= 11 is 3.44. The van der Waals surface area contributed by atoms with E-state index < -0.39 is 6.10 Å². The van der Waals surface area contributed by atoms with Crippen molar-refractivity contribution in [3.63, 3.8) is 0 Å². The Hall–Kier alpha value is -1.52. The van der Waals surface area contributed by atoms with Gasteiger partial charge in [-0.15, -0.1) is 0 Å². The molecule has 0 spiro atoms. The van der Waals surface area contributed by atoms with Crippen molar-refractivity contribution in [3.8, 4) is 11.5 Å². The van der Waals surface area contributed by atoms with E-state index in [9.17, 15) is 5.11 Å². The first-order valence-electron chi connectivity index (χ1n) is 6.34. The number of methoxy groups -OCH3 is 1. The molecule has 106 valence electrons. The van der Waals surface area contributed by atoms with E-state index >= 15 is 0 Å². The Labute approximate surface area is 127 Å². The second-order valence-electron chi connectivity index (χ2n) is 4.46. The molecule has 2 aromatic rings. The lowest BCUT2D eigenvalue weighted by Crippen LogP contribution is -2.02. The number of hydrogen-bond donors (Lipinski definition) is 1. The molecule has 0 unspecified atom stereocenters. The summed E-state index contributed by atoms with van der Waals surface area (Å²) in [6.07, 6.45) is -0.560. The molecule has 2 rings (SSSR count). The highest BCUT2D eigenvalue weighted by atomic mass is 79.9. The molecule has 0 bridgehead atoms. The maximum absolute atomic E-state index is 9.73. The smallest absolute Gasteiger partial charge is 0.125 e. The minimum absolute atomic E-state index is 0.381. The fraction of sp³-hybridized carbons (Fsp3) is 0.250. The van der Waals surface area contributed by atoms with Crippen LogP contribution in [0.15, 0.2) is 46.9 Å². The van der Waals surface area contributed by atoms with Crippen LogP contribution >= 0.6 is 15.9 Å². The molecule has 0 radical (unpaired) electrons. The molecular formula is C16H17BrO3. The van der Waals surface area contributed by atoms with Gasteiger partial charge in [-0.05, 0) is 31.2 Å². The standard InChI is InChI=1S/C16H17BrO3/c1-11(18)14-5-3-4-6-16(14)20-10-12-9-13(17)7-8-15(12)19-2/h3-9,11,18H,10H2,1-2H3/t11-/m1/s1. The van der Waals surface area contributed by atoms with Gasteiger partial charge >= 0.3 is 0 Å².